The van der Waals surface area contributed by atoms with Crippen LogP contribution in [0, 0.1) is 17.3 Å². The maximum absolute atomic E-state index is 9.76. The highest BCUT2D eigenvalue weighted by molar-refractivity contribution is 5.24. The summed E-state index contributed by atoms with van der Waals surface area (Å²) in [6.07, 6.45) is 3.23. The number of rotatable bonds is 0. The summed E-state index contributed by atoms with van der Waals surface area (Å²) in [6.45, 7) is 6.56. The van der Waals surface area contributed by atoms with Crippen molar-refractivity contribution < 1.29 is 5.11 Å². The van der Waals surface area contributed by atoms with E-state index in [1.54, 1.807) is 0 Å². The van der Waals surface area contributed by atoms with Crippen molar-refractivity contribution in [2.24, 2.45) is 17.3 Å². The monoisotopic (exact) mass is 152 g/mol. The summed E-state index contributed by atoms with van der Waals surface area (Å²) >= 11 is 0. The van der Waals surface area contributed by atoms with Gasteiger partial charge in [-0.25, -0.2) is 0 Å². The SMILES string of the molecule is CC1=CCC2C(C1O)C2(C)C. The molecule has 2 aliphatic carbocycles. The van der Waals surface area contributed by atoms with Gasteiger partial charge in [0.2, 0.25) is 0 Å². The summed E-state index contributed by atoms with van der Waals surface area (Å²) in [4.78, 5) is 0. The van der Waals surface area contributed by atoms with E-state index < -0.39 is 0 Å². The normalized spacial score (nSPS) is 46.2. The second-order valence-corrected chi connectivity index (χ2v) is 4.58. The van der Waals surface area contributed by atoms with Crippen molar-refractivity contribution >= 4 is 0 Å². The van der Waals surface area contributed by atoms with Crippen LogP contribution in [0.5, 0.6) is 0 Å². The maximum Gasteiger partial charge on any atom is 0.0783 e. The first-order valence-corrected chi connectivity index (χ1v) is 4.40. The zero-order valence-corrected chi connectivity index (χ0v) is 7.46. The Morgan fingerprint density at radius 2 is 2.18 bits per heavy atom. The summed E-state index contributed by atoms with van der Waals surface area (Å²) in [5.74, 6) is 1.30. The molecular formula is C10H16O. The summed E-state index contributed by atoms with van der Waals surface area (Å²) in [7, 11) is 0. The van der Waals surface area contributed by atoms with Crippen LogP contribution in [-0.2, 0) is 0 Å². The van der Waals surface area contributed by atoms with Crippen molar-refractivity contribution in [2.75, 3.05) is 0 Å². The number of hydrogen-bond donors (Lipinski definition) is 1. The van der Waals surface area contributed by atoms with Crippen LogP contribution < -0.4 is 0 Å². The quantitative estimate of drug-likeness (QED) is 0.526. The maximum atomic E-state index is 9.76. The van der Waals surface area contributed by atoms with Gasteiger partial charge >= 0.3 is 0 Å². The van der Waals surface area contributed by atoms with Gasteiger partial charge < -0.3 is 5.11 Å². The van der Waals surface area contributed by atoms with E-state index in [-0.39, 0.29) is 6.10 Å². The molecule has 0 aromatic heterocycles. The van der Waals surface area contributed by atoms with E-state index in [1.165, 1.54) is 12.0 Å². The van der Waals surface area contributed by atoms with E-state index in [9.17, 15) is 5.11 Å². The van der Waals surface area contributed by atoms with Crippen molar-refractivity contribution in [3.63, 3.8) is 0 Å². The fourth-order valence-corrected chi connectivity index (χ4v) is 2.58. The van der Waals surface area contributed by atoms with Crippen LogP contribution in [0.25, 0.3) is 0 Å². The number of fused-ring (bicyclic) bond motifs is 1. The predicted octanol–water partition coefficient (Wildman–Crippen LogP) is 1.97. The number of aliphatic hydroxyl groups is 1. The van der Waals surface area contributed by atoms with Crippen LogP contribution in [0.2, 0.25) is 0 Å². The highest BCUT2D eigenvalue weighted by Gasteiger charge is 2.61. The second kappa shape index (κ2) is 1.89. The van der Waals surface area contributed by atoms with Gasteiger partial charge in [0, 0.05) is 0 Å². The van der Waals surface area contributed by atoms with Crippen LogP contribution in [0.15, 0.2) is 11.6 Å². The van der Waals surface area contributed by atoms with E-state index in [1.807, 2.05) is 6.92 Å². The molecule has 1 fully saturated rings. The zero-order chi connectivity index (χ0) is 8.22. The largest absolute Gasteiger partial charge is 0.388 e. The molecule has 11 heavy (non-hydrogen) atoms. The van der Waals surface area contributed by atoms with Crippen molar-refractivity contribution in [3.05, 3.63) is 11.6 Å². The molecule has 0 saturated heterocycles. The lowest BCUT2D eigenvalue weighted by molar-refractivity contribution is 0.164. The van der Waals surface area contributed by atoms with Crippen molar-refractivity contribution in [2.45, 2.75) is 33.3 Å². The first kappa shape index (κ1) is 7.35. The molecule has 2 rings (SSSR count). The second-order valence-electron chi connectivity index (χ2n) is 4.58. The van der Waals surface area contributed by atoms with Gasteiger partial charge in [-0.3, -0.25) is 0 Å². The van der Waals surface area contributed by atoms with Gasteiger partial charge in [-0.15, -0.1) is 0 Å². The average molecular weight is 152 g/mol. The first-order chi connectivity index (χ1) is 5.05. The molecule has 0 bridgehead atoms. The first-order valence-electron chi connectivity index (χ1n) is 4.40. The van der Waals surface area contributed by atoms with Crippen LogP contribution in [0.4, 0.5) is 0 Å². The van der Waals surface area contributed by atoms with E-state index in [0.29, 0.717) is 11.3 Å². The Labute approximate surface area is 68.1 Å². The van der Waals surface area contributed by atoms with Crippen molar-refractivity contribution in [1.82, 2.24) is 0 Å². The molecule has 1 N–H and O–H groups in total. The molecule has 1 saturated carbocycles. The molecule has 1 heteroatoms. The van der Waals surface area contributed by atoms with Gasteiger partial charge in [0.1, 0.15) is 0 Å². The fourth-order valence-electron chi connectivity index (χ4n) is 2.58. The Kier molecular flexibility index (Phi) is 1.26. The smallest absolute Gasteiger partial charge is 0.0783 e. The topological polar surface area (TPSA) is 20.2 Å². The lowest BCUT2D eigenvalue weighted by Gasteiger charge is -2.15. The summed E-state index contributed by atoms with van der Waals surface area (Å²) in [5.41, 5.74) is 1.57. The van der Waals surface area contributed by atoms with E-state index >= 15 is 0 Å². The molecule has 1 nitrogen and oxygen atoms in total. The molecule has 0 radical (unpaired) electrons. The Balaban J connectivity index is 2.22. The third-order valence-corrected chi connectivity index (χ3v) is 3.64. The standard InChI is InChI=1S/C10H16O/c1-6-4-5-7-8(9(6)11)10(7,2)3/h4,7-9,11H,5H2,1-3H3. The minimum absolute atomic E-state index is 0.149. The summed E-state index contributed by atoms with van der Waals surface area (Å²) in [6, 6.07) is 0. The van der Waals surface area contributed by atoms with E-state index in [4.69, 9.17) is 0 Å². The fraction of sp³-hybridized carbons (Fsp3) is 0.800. The van der Waals surface area contributed by atoms with Gasteiger partial charge in [-0.05, 0) is 36.2 Å². The van der Waals surface area contributed by atoms with Gasteiger partial charge in [0.15, 0.2) is 0 Å². The predicted molar refractivity (Wildman–Crippen MR) is 45.1 cm³/mol. The third kappa shape index (κ3) is 0.807. The van der Waals surface area contributed by atoms with Gasteiger partial charge in [0.25, 0.3) is 0 Å². The number of aliphatic hydroxyl groups excluding tert-OH is 1. The van der Waals surface area contributed by atoms with E-state index in [2.05, 4.69) is 19.9 Å². The summed E-state index contributed by atoms with van der Waals surface area (Å²) in [5, 5.41) is 9.76. The lowest BCUT2D eigenvalue weighted by atomic mass is 9.98. The molecule has 2 aliphatic rings. The van der Waals surface area contributed by atoms with Gasteiger partial charge in [-0.1, -0.05) is 19.9 Å². The lowest BCUT2D eigenvalue weighted by Crippen LogP contribution is -2.16. The Morgan fingerprint density at radius 1 is 1.55 bits per heavy atom. The molecule has 3 unspecified atom stereocenters. The van der Waals surface area contributed by atoms with Gasteiger partial charge in [0.05, 0.1) is 6.10 Å². The highest BCUT2D eigenvalue weighted by Crippen LogP contribution is 2.64. The molecule has 0 amide bonds. The molecule has 62 valence electrons. The molecule has 0 aromatic rings. The zero-order valence-electron chi connectivity index (χ0n) is 7.46. The molecule has 0 aliphatic heterocycles. The number of allylic oxidation sites excluding steroid dienone is 1. The van der Waals surface area contributed by atoms with Crippen LogP contribution in [0.3, 0.4) is 0 Å². The van der Waals surface area contributed by atoms with Crippen molar-refractivity contribution in [1.29, 1.82) is 0 Å². The average Bonchev–Trinajstić information content (AvgIpc) is 2.46. The molecular weight excluding hydrogens is 136 g/mol. The van der Waals surface area contributed by atoms with E-state index in [0.717, 1.165) is 5.92 Å². The molecule has 0 heterocycles. The molecule has 0 spiro atoms. The Hall–Kier alpha value is -0.300. The molecule has 3 atom stereocenters. The third-order valence-electron chi connectivity index (χ3n) is 3.64. The van der Waals surface area contributed by atoms with Crippen LogP contribution >= 0.6 is 0 Å². The van der Waals surface area contributed by atoms with Gasteiger partial charge in [-0.2, -0.15) is 0 Å². The van der Waals surface area contributed by atoms with Crippen LogP contribution in [-0.4, -0.2) is 11.2 Å². The van der Waals surface area contributed by atoms with Crippen molar-refractivity contribution in [3.8, 4) is 0 Å². The highest BCUT2D eigenvalue weighted by atomic mass is 16.3. The Morgan fingerprint density at radius 3 is 2.73 bits per heavy atom. The minimum Gasteiger partial charge on any atom is -0.388 e. The minimum atomic E-state index is -0.149. The Bertz CT molecular complexity index is 215. The van der Waals surface area contributed by atoms with Crippen LogP contribution in [0.1, 0.15) is 27.2 Å². The number of hydrogen-bond acceptors (Lipinski definition) is 1. The molecule has 0 aromatic carbocycles. The summed E-state index contributed by atoms with van der Waals surface area (Å²) < 4.78 is 0.